The molecule has 82 valence electrons. The second kappa shape index (κ2) is 4.67. The normalized spacial score (nSPS) is 22.2. The summed E-state index contributed by atoms with van der Waals surface area (Å²) in [5.41, 5.74) is 2.89. The second-order valence-corrected chi connectivity index (χ2v) is 5.32. The smallest absolute Gasteiger partial charge is 0.0462 e. The zero-order valence-corrected chi connectivity index (χ0v) is 10.6. The summed E-state index contributed by atoms with van der Waals surface area (Å²) in [7, 11) is 0. The minimum absolute atomic E-state index is 0.288. The second-order valence-electron chi connectivity index (χ2n) is 4.47. The SMILES string of the molecule is CC(CO)C1CCCc2c(Br)cccc21. The molecular formula is C13H17BrO. The van der Waals surface area contributed by atoms with E-state index in [1.54, 1.807) is 0 Å². The van der Waals surface area contributed by atoms with Crippen LogP contribution in [0.4, 0.5) is 0 Å². The Morgan fingerprint density at radius 3 is 3.07 bits per heavy atom. The first kappa shape index (κ1) is 11.2. The summed E-state index contributed by atoms with van der Waals surface area (Å²) >= 11 is 3.62. The van der Waals surface area contributed by atoms with Gasteiger partial charge in [-0.05, 0) is 48.3 Å². The number of aliphatic hydroxyl groups is 1. The Hall–Kier alpha value is -0.340. The quantitative estimate of drug-likeness (QED) is 0.871. The zero-order chi connectivity index (χ0) is 10.8. The van der Waals surface area contributed by atoms with Gasteiger partial charge >= 0.3 is 0 Å². The molecule has 2 rings (SSSR count). The molecule has 15 heavy (non-hydrogen) atoms. The van der Waals surface area contributed by atoms with Crippen LogP contribution in [0.2, 0.25) is 0 Å². The summed E-state index contributed by atoms with van der Waals surface area (Å²) < 4.78 is 1.23. The third kappa shape index (κ3) is 2.11. The molecule has 0 heterocycles. The summed E-state index contributed by atoms with van der Waals surface area (Å²) in [5, 5.41) is 9.27. The Labute approximate surface area is 99.6 Å². The highest BCUT2D eigenvalue weighted by Gasteiger charge is 2.25. The molecule has 0 aliphatic heterocycles. The van der Waals surface area contributed by atoms with Gasteiger partial charge in [-0.15, -0.1) is 0 Å². The van der Waals surface area contributed by atoms with E-state index in [2.05, 4.69) is 41.1 Å². The molecule has 2 unspecified atom stereocenters. The summed E-state index contributed by atoms with van der Waals surface area (Å²) in [6, 6.07) is 6.44. The van der Waals surface area contributed by atoms with Crippen molar-refractivity contribution >= 4 is 15.9 Å². The van der Waals surface area contributed by atoms with Crippen molar-refractivity contribution < 1.29 is 5.11 Å². The van der Waals surface area contributed by atoms with Crippen LogP contribution in [0.15, 0.2) is 22.7 Å². The fourth-order valence-corrected chi connectivity index (χ4v) is 3.14. The van der Waals surface area contributed by atoms with Crippen LogP contribution in [0.25, 0.3) is 0 Å². The van der Waals surface area contributed by atoms with Crippen LogP contribution in [0.1, 0.15) is 36.8 Å². The van der Waals surface area contributed by atoms with Crippen LogP contribution in [0, 0.1) is 5.92 Å². The maximum absolute atomic E-state index is 9.27. The van der Waals surface area contributed by atoms with Gasteiger partial charge in [0.05, 0.1) is 0 Å². The Bertz CT molecular complexity index is 348. The molecular weight excluding hydrogens is 252 g/mol. The summed E-state index contributed by atoms with van der Waals surface area (Å²) in [4.78, 5) is 0. The van der Waals surface area contributed by atoms with Crippen molar-refractivity contribution in [1.82, 2.24) is 0 Å². The maximum Gasteiger partial charge on any atom is 0.0462 e. The Morgan fingerprint density at radius 2 is 2.33 bits per heavy atom. The van der Waals surface area contributed by atoms with Crippen LogP contribution in [-0.2, 0) is 6.42 Å². The Kier molecular flexibility index (Phi) is 3.47. The van der Waals surface area contributed by atoms with E-state index in [1.165, 1.54) is 34.9 Å². The van der Waals surface area contributed by atoms with Gasteiger partial charge in [-0.2, -0.15) is 0 Å². The van der Waals surface area contributed by atoms with Crippen LogP contribution in [0.3, 0.4) is 0 Å². The van der Waals surface area contributed by atoms with Crippen molar-refractivity contribution in [3.05, 3.63) is 33.8 Å². The summed E-state index contributed by atoms with van der Waals surface area (Å²) in [5.74, 6) is 0.912. The lowest BCUT2D eigenvalue weighted by Crippen LogP contribution is -2.19. The van der Waals surface area contributed by atoms with Gasteiger partial charge in [-0.3, -0.25) is 0 Å². The number of hydrogen-bond acceptors (Lipinski definition) is 1. The largest absolute Gasteiger partial charge is 0.396 e. The first-order valence-electron chi connectivity index (χ1n) is 5.62. The molecule has 2 heteroatoms. The Balaban J connectivity index is 2.38. The Morgan fingerprint density at radius 1 is 1.53 bits per heavy atom. The monoisotopic (exact) mass is 268 g/mol. The number of rotatable bonds is 2. The molecule has 1 N–H and O–H groups in total. The van der Waals surface area contributed by atoms with E-state index < -0.39 is 0 Å². The van der Waals surface area contributed by atoms with Gasteiger partial charge in [0.1, 0.15) is 0 Å². The van der Waals surface area contributed by atoms with E-state index in [-0.39, 0.29) is 6.61 Å². The fraction of sp³-hybridized carbons (Fsp3) is 0.538. The van der Waals surface area contributed by atoms with Gasteiger partial charge in [0.25, 0.3) is 0 Å². The molecule has 0 saturated carbocycles. The average Bonchev–Trinajstić information content (AvgIpc) is 2.28. The van der Waals surface area contributed by atoms with Gasteiger partial charge < -0.3 is 5.11 Å². The first-order valence-corrected chi connectivity index (χ1v) is 6.41. The highest BCUT2D eigenvalue weighted by atomic mass is 79.9. The average molecular weight is 269 g/mol. The lowest BCUT2D eigenvalue weighted by Gasteiger charge is -2.30. The van der Waals surface area contributed by atoms with Crippen molar-refractivity contribution in [2.24, 2.45) is 5.92 Å². The molecule has 0 bridgehead atoms. The zero-order valence-electron chi connectivity index (χ0n) is 9.04. The van der Waals surface area contributed by atoms with Gasteiger partial charge in [0.2, 0.25) is 0 Å². The molecule has 1 nitrogen and oxygen atoms in total. The number of halogens is 1. The first-order chi connectivity index (χ1) is 7.24. The number of benzene rings is 1. The van der Waals surface area contributed by atoms with Gasteiger partial charge in [-0.1, -0.05) is 35.0 Å². The molecule has 1 aliphatic rings. The fourth-order valence-electron chi connectivity index (χ4n) is 2.56. The molecule has 1 aliphatic carbocycles. The van der Waals surface area contributed by atoms with E-state index in [0.29, 0.717) is 11.8 Å². The number of fused-ring (bicyclic) bond motifs is 1. The van der Waals surface area contributed by atoms with Crippen LogP contribution >= 0.6 is 15.9 Å². The molecule has 0 aromatic heterocycles. The molecule has 1 aromatic carbocycles. The maximum atomic E-state index is 9.27. The third-order valence-electron chi connectivity index (χ3n) is 3.47. The van der Waals surface area contributed by atoms with Gasteiger partial charge in [-0.25, -0.2) is 0 Å². The number of hydrogen-bond donors (Lipinski definition) is 1. The van der Waals surface area contributed by atoms with Crippen molar-refractivity contribution in [2.45, 2.75) is 32.1 Å². The van der Waals surface area contributed by atoms with E-state index >= 15 is 0 Å². The lowest BCUT2D eigenvalue weighted by atomic mass is 9.77. The van der Waals surface area contributed by atoms with Crippen molar-refractivity contribution in [2.75, 3.05) is 6.61 Å². The number of aliphatic hydroxyl groups excluding tert-OH is 1. The van der Waals surface area contributed by atoms with Crippen LogP contribution < -0.4 is 0 Å². The molecule has 1 aromatic rings. The minimum atomic E-state index is 0.288. The molecule has 0 amide bonds. The summed E-state index contributed by atoms with van der Waals surface area (Å²) in [6.45, 7) is 2.43. The highest BCUT2D eigenvalue weighted by Crippen LogP contribution is 2.39. The predicted molar refractivity (Wildman–Crippen MR) is 66.1 cm³/mol. The molecule has 2 atom stereocenters. The van der Waals surface area contributed by atoms with Crippen LogP contribution in [0.5, 0.6) is 0 Å². The van der Waals surface area contributed by atoms with Gasteiger partial charge in [0, 0.05) is 11.1 Å². The van der Waals surface area contributed by atoms with Crippen molar-refractivity contribution in [3.63, 3.8) is 0 Å². The standard InChI is InChI=1S/C13H17BrO/c1-9(8-15)10-4-2-6-12-11(10)5-3-7-13(12)14/h3,5,7,9-10,15H,2,4,6,8H2,1H3. The lowest BCUT2D eigenvalue weighted by molar-refractivity contribution is 0.208. The minimum Gasteiger partial charge on any atom is -0.396 e. The molecule has 0 radical (unpaired) electrons. The van der Waals surface area contributed by atoms with E-state index in [0.717, 1.165) is 0 Å². The topological polar surface area (TPSA) is 20.2 Å². The van der Waals surface area contributed by atoms with Crippen molar-refractivity contribution in [3.8, 4) is 0 Å². The van der Waals surface area contributed by atoms with E-state index in [1.807, 2.05) is 0 Å². The van der Waals surface area contributed by atoms with E-state index in [9.17, 15) is 5.11 Å². The summed E-state index contributed by atoms with van der Waals surface area (Å²) in [6.07, 6.45) is 3.63. The molecule has 0 spiro atoms. The molecule has 0 fully saturated rings. The van der Waals surface area contributed by atoms with E-state index in [4.69, 9.17) is 0 Å². The molecule has 0 saturated heterocycles. The third-order valence-corrected chi connectivity index (χ3v) is 4.21. The van der Waals surface area contributed by atoms with Crippen LogP contribution in [-0.4, -0.2) is 11.7 Å². The highest BCUT2D eigenvalue weighted by molar-refractivity contribution is 9.10. The van der Waals surface area contributed by atoms with Gasteiger partial charge in [0.15, 0.2) is 0 Å². The predicted octanol–water partition coefficient (Wildman–Crippen LogP) is 3.50. The van der Waals surface area contributed by atoms with Crippen molar-refractivity contribution in [1.29, 1.82) is 0 Å².